The number of hydrogen-bond acceptors (Lipinski definition) is 7. The maximum absolute atomic E-state index is 13.4. The first-order valence-corrected chi connectivity index (χ1v) is 11.7. The van der Waals surface area contributed by atoms with Gasteiger partial charge in [0.1, 0.15) is 11.6 Å². The minimum Gasteiger partial charge on any atom is -0.493 e. The summed E-state index contributed by atoms with van der Waals surface area (Å²) in [7, 11) is 0. The Balaban J connectivity index is 0.000000538. The van der Waals surface area contributed by atoms with Gasteiger partial charge in [0.2, 0.25) is 6.79 Å². The highest BCUT2D eigenvalue weighted by molar-refractivity contribution is 6.27. The van der Waals surface area contributed by atoms with Gasteiger partial charge >= 0.3 is 11.9 Å². The molecule has 0 amide bonds. The molecular formula is C26H29FN2O7. The molecule has 0 spiro atoms. The number of hydrogen-bond donors (Lipinski definition) is 2. The second-order valence-electron chi connectivity index (χ2n) is 8.56. The van der Waals surface area contributed by atoms with Gasteiger partial charge in [0.05, 0.1) is 12.7 Å². The van der Waals surface area contributed by atoms with Crippen LogP contribution >= 0.6 is 0 Å². The van der Waals surface area contributed by atoms with Crippen LogP contribution in [0.2, 0.25) is 0 Å². The van der Waals surface area contributed by atoms with E-state index in [2.05, 4.69) is 11.0 Å². The van der Waals surface area contributed by atoms with E-state index in [4.69, 9.17) is 39.3 Å². The summed E-state index contributed by atoms with van der Waals surface area (Å²) in [6.45, 7) is 3.76. The van der Waals surface area contributed by atoms with Crippen LogP contribution in [-0.4, -0.2) is 60.1 Å². The maximum atomic E-state index is 13.4. The number of halogens is 1. The zero-order chi connectivity index (χ0) is 25.9. The number of piperidine rings is 1. The van der Waals surface area contributed by atoms with Crippen molar-refractivity contribution in [1.29, 1.82) is 5.26 Å². The van der Waals surface area contributed by atoms with Crippen molar-refractivity contribution in [2.24, 2.45) is 5.92 Å². The first-order chi connectivity index (χ1) is 17.4. The van der Waals surface area contributed by atoms with Crippen LogP contribution in [0.1, 0.15) is 37.2 Å². The molecule has 4 rings (SSSR count). The van der Waals surface area contributed by atoms with E-state index in [1.165, 1.54) is 5.56 Å². The molecule has 0 aliphatic carbocycles. The molecule has 0 saturated carbocycles. The molecule has 10 heteroatoms. The Kier molecular flexibility index (Phi) is 9.89. The molecule has 2 aromatic rings. The van der Waals surface area contributed by atoms with E-state index < -0.39 is 11.9 Å². The van der Waals surface area contributed by atoms with E-state index in [1.807, 2.05) is 30.3 Å². The normalized spacial score (nSPS) is 18.4. The topological polar surface area (TPSA) is 129 Å². The molecule has 2 aliphatic heterocycles. The third-order valence-corrected chi connectivity index (χ3v) is 6.12. The number of nitriles is 1. The lowest BCUT2D eigenvalue weighted by Gasteiger charge is -2.39. The SMILES string of the molecule is N#CCCCCN1CC[C@H](c2ccc(F)cc2)[C@@H](COc2ccc3c(c2)OCO3)C1.O=C(O)C(=O)O. The lowest BCUT2D eigenvalue weighted by atomic mass is 9.80. The van der Waals surface area contributed by atoms with Crippen molar-refractivity contribution in [2.45, 2.75) is 31.6 Å². The summed E-state index contributed by atoms with van der Waals surface area (Å²) < 4.78 is 30.4. The van der Waals surface area contributed by atoms with Crippen LogP contribution in [0.15, 0.2) is 42.5 Å². The molecule has 0 unspecified atom stereocenters. The second-order valence-corrected chi connectivity index (χ2v) is 8.56. The van der Waals surface area contributed by atoms with Crippen molar-refractivity contribution in [3.8, 4) is 23.3 Å². The van der Waals surface area contributed by atoms with Crippen molar-refractivity contribution in [3.63, 3.8) is 0 Å². The standard InChI is InChI=1S/C24H27FN2O3.C2H2O4/c25-20-6-4-18(5-7-20)22-10-13-27(12-3-1-2-11-26)15-19(22)16-28-21-8-9-23-24(14-21)30-17-29-23;3-1(4)2(5)6/h4-9,14,19,22H,1-3,10,12-13,15-17H2;(H,3,4)(H,5,6)/t19-,22-;/m1./s1. The first kappa shape index (κ1) is 26.8. The van der Waals surface area contributed by atoms with Crippen molar-refractivity contribution in [1.82, 2.24) is 4.90 Å². The van der Waals surface area contributed by atoms with Crippen molar-refractivity contribution >= 4 is 11.9 Å². The second kappa shape index (κ2) is 13.3. The first-order valence-electron chi connectivity index (χ1n) is 11.7. The summed E-state index contributed by atoms with van der Waals surface area (Å²) in [6.07, 6.45) is 3.60. The fraction of sp³-hybridized carbons (Fsp3) is 0.423. The molecule has 2 atom stereocenters. The zero-order valence-corrected chi connectivity index (χ0v) is 19.8. The molecule has 2 heterocycles. The van der Waals surface area contributed by atoms with Crippen LogP contribution in [-0.2, 0) is 9.59 Å². The van der Waals surface area contributed by atoms with E-state index in [9.17, 15) is 4.39 Å². The number of ether oxygens (including phenoxy) is 3. The Morgan fingerprint density at radius 1 is 1.08 bits per heavy atom. The molecule has 0 bridgehead atoms. The predicted molar refractivity (Wildman–Crippen MR) is 126 cm³/mol. The average Bonchev–Trinajstić information content (AvgIpc) is 3.34. The lowest BCUT2D eigenvalue weighted by molar-refractivity contribution is -0.159. The molecule has 1 fully saturated rings. The smallest absolute Gasteiger partial charge is 0.414 e. The highest BCUT2D eigenvalue weighted by atomic mass is 19.1. The third kappa shape index (κ3) is 7.85. The number of aliphatic carboxylic acids is 2. The van der Waals surface area contributed by atoms with Gasteiger partial charge in [-0.05, 0) is 68.1 Å². The minimum absolute atomic E-state index is 0.207. The molecule has 0 radical (unpaired) electrons. The minimum atomic E-state index is -1.82. The van der Waals surface area contributed by atoms with Gasteiger partial charge in [-0.15, -0.1) is 0 Å². The van der Waals surface area contributed by atoms with Crippen molar-refractivity contribution in [3.05, 3.63) is 53.8 Å². The molecule has 9 nitrogen and oxygen atoms in total. The van der Waals surface area contributed by atoms with Gasteiger partial charge in [-0.3, -0.25) is 0 Å². The number of benzene rings is 2. The Morgan fingerprint density at radius 3 is 2.50 bits per heavy atom. The van der Waals surface area contributed by atoms with Crippen LogP contribution in [0.3, 0.4) is 0 Å². The summed E-state index contributed by atoms with van der Waals surface area (Å²) in [6, 6.07) is 14.7. The number of unbranched alkanes of at least 4 members (excludes halogenated alkanes) is 2. The summed E-state index contributed by atoms with van der Waals surface area (Å²) in [4.78, 5) is 20.7. The molecule has 2 aromatic carbocycles. The van der Waals surface area contributed by atoms with Crippen molar-refractivity contribution in [2.75, 3.05) is 33.0 Å². The Hall–Kier alpha value is -3.84. The van der Waals surface area contributed by atoms with E-state index in [0.29, 0.717) is 30.6 Å². The van der Waals surface area contributed by atoms with Gasteiger partial charge < -0.3 is 29.3 Å². The Morgan fingerprint density at radius 2 is 1.81 bits per heavy atom. The number of carboxylic acid groups (broad SMARTS) is 2. The van der Waals surface area contributed by atoms with Gasteiger partial charge in [0, 0.05) is 24.9 Å². The van der Waals surface area contributed by atoms with E-state index in [-0.39, 0.29) is 12.6 Å². The molecule has 2 aliphatic rings. The predicted octanol–water partition coefficient (Wildman–Crippen LogP) is 3.89. The van der Waals surface area contributed by atoms with Crippen LogP contribution in [0.4, 0.5) is 4.39 Å². The summed E-state index contributed by atoms with van der Waals surface area (Å²) in [5, 5.41) is 23.5. The average molecular weight is 501 g/mol. The highest BCUT2D eigenvalue weighted by Gasteiger charge is 2.31. The van der Waals surface area contributed by atoms with Crippen molar-refractivity contribution < 1.29 is 38.4 Å². The zero-order valence-electron chi connectivity index (χ0n) is 19.8. The van der Waals surface area contributed by atoms with Crippen LogP contribution < -0.4 is 14.2 Å². The number of nitrogens with zero attached hydrogens (tertiary/aromatic N) is 2. The molecule has 36 heavy (non-hydrogen) atoms. The quantitative estimate of drug-likeness (QED) is 0.410. The molecule has 0 aromatic heterocycles. The number of fused-ring (bicyclic) bond motifs is 1. The fourth-order valence-corrected chi connectivity index (χ4v) is 4.34. The van der Waals surface area contributed by atoms with E-state index >= 15 is 0 Å². The Bertz CT molecular complexity index is 1060. The van der Waals surface area contributed by atoms with Crippen LogP contribution in [0.5, 0.6) is 17.2 Å². The van der Waals surface area contributed by atoms with E-state index in [1.54, 1.807) is 12.1 Å². The number of rotatable bonds is 8. The van der Waals surface area contributed by atoms with Gasteiger partial charge in [-0.1, -0.05) is 12.1 Å². The van der Waals surface area contributed by atoms with E-state index in [0.717, 1.165) is 50.4 Å². The summed E-state index contributed by atoms with van der Waals surface area (Å²) >= 11 is 0. The van der Waals surface area contributed by atoms with Gasteiger partial charge in [-0.2, -0.15) is 5.26 Å². The van der Waals surface area contributed by atoms with Gasteiger partial charge in [0.25, 0.3) is 0 Å². The maximum Gasteiger partial charge on any atom is 0.414 e. The van der Waals surface area contributed by atoms with Crippen LogP contribution in [0.25, 0.3) is 0 Å². The largest absolute Gasteiger partial charge is 0.493 e. The fourth-order valence-electron chi connectivity index (χ4n) is 4.34. The number of likely N-dealkylation sites (tertiary alicyclic amines) is 1. The molecule has 192 valence electrons. The molecule has 2 N–H and O–H groups in total. The highest BCUT2D eigenvalue weighted by Crippen LogP contribution is 2.37. The monoisotopic (exact) mass is 500 g/mol. The van der Waals surface area contributed by atoms with Gasteiger partial charge in [-0.25, -0.2) is 14.0 Å². The Labute approximate surface area is 208 Å². The lowest BCUT2D eigenvalue weighted by Crippen LogP contribution is -2.42. The summed E-state index contributed by atoms with van der Waals surface area (Å²) in [5.74, 6) is -1.01. The third-order valence-electron chi connectivity index (χ3n) is 6.12. The number of carboxylic acids is 2. The molecule has 1 saturated heterocycles. The molecular weight excluding hydrogens is 471 g/mol. The summed E-state index contributed by atoms with van der Waals surface area (Å²) in [5.41, 5.74) is 1.17. The van der Waals surface area contributed by atoms with Gasteiger partial charge in [0.15, 0.2) is 11.5 Å². The number of carbonyl (C=O) groups is 2. The van der Waals surface area contributed by atoms with Crippen LogP contribution in [0, 0.1) is 23.1 Å².